The van der Waals surface area contributed by atoms with Gasteiger partial charge in [0.2, 0.25) is 0 Å². The van der Waals surface area contributed by atoms with Gasteiger partial charge in [-0.15, -0.1) is 11.3 Å². The molecule has 0 unspecified atom stereocenters. The van der Waals surface area contributed by atoms with Gasteiger partial charge < -0.3 is 4.98 Å². The lowest BCUT2D eigenvalue weighted by molar-refractivity contribution is 0.216. The smallest absolute Gasteiger partial charge is 0.259 e. The maximum Gasteiger partial charge on any atom is 0.259 e. The van der Waals surface area contributed by atoms with Crippen LogP contribution in [0.3, 0.4) is 0 Å². The topological polar surface area (TPSA) is 49.0 Å². The van der Waals surface area contributed by atoms with Gasteiger partial charge >= 0.3 is 0 Å². The molecule has 4 rings (SSSR count). The van der Waals surface area contributed by atoms with Crippen molar-refractivity contribution in [3.05, 3.63) is 26.6 Å². The maximum absolute atomic E-state index is 12.6. The highest BCUT2D eigenvalue weighted by molar-refractivity contribution is 7.18. The number of H-pyrrole nitrogens is 1. The van der Waals surface area contributed by atoms with Gasteiger partial charge in [0.05, 0.1) is 11.9 Å². The average molecular weight is 317 g/mol. The molecule has 1 fully saturated rings. The summed E-state index contributed by atoms with van der Waals surface area (Å²) in [6, 6.07) is 0. The van der Waals surface area contributed by atoms with Crippen molar-refractivity contribution >= 4 is 21.6 Å². The second-order valence-electron chi connectivity index (χ2n) is 6.59. The van der Waals surface area contributed by atoms with Crippen LogP contribution in [0.5, 0.6) is 0 Å². The fraction of sp³-hybridized carbons (Fsp3) is 0.647. The Bertz CT molecular complexity index is 727. The van der Waals surface area contributed by atoms with Gasteiger partial charge in [-0.2, -0.15) is 0 Å². The Morgan fingerprint density at radius 1 is 1.05 bits per heavy atom. The molecule has 118 valence electrons. The first-order valence-corrected chi connectivity index (χ1v) is 9.39. The van der Waals surface area contributed by atoms with Crippen LogP contribution in [-0.2, 0) is 19.4 Å². The number of likely N-dealkylation sites (tertiary alicyclic amines) is 1. The number of nitrogens with zero attached hydrogens (tertiary/aromatic N) is 2. The van der Waals surface area contributed by atoms with Gasteiger partial charge in [0, 0.05) is 4.88 Å². The molecule has 1 N–H and O–H groups in total. The largest absolute Gasteiger partial charge is 0.309 e. The van der Waals surface area contributed by atoms with Crippen LogP contribution >= 0.6 is 11.3 Å². The molecule has 0 bridgehead atoms. The van der Waals surface area contributed by atoms with Gasteiger partial charge in [-0.25, -0.2) is 4.98 Å². The predicted molar refractivity (Wildman–Crippen MR) is 90.6 cm³/mol. The molecule has 0 radical (unpaired) electrons. The highest BCUT2D eigenvalue weighted by Gasteiger charge is 2.19. The zero-order valence-corrected chi connectivity index (χ0v) is 13.8. The summed E-state index contributed by atoms with van der Waals surface area (Å²) < 4.78 is 0. The average Bonchev–Trinajstić information content (AvgIpc) is 2.71. The molecule has 2 aromatic rings. The Hall–Kier alpha value is -1.20. The van der Waals surface area contributed by atoms with Crippen molar-refractivity contribution in [2.24, 2.45) is 0 Å². The molecule has 0 amide bonds. The zero-order chi connectivity index (χ0) is 14.9. The molecular weight excluding hydrogens is 294 g/mol. The number of aromatic amines is 1. The van der Waals surface area contributed by atoms with E-state index < -0.39 is 0 Å². The summed E-state index contributed by atoms with van der Waals surface area (Å²) in [5.74, 6) is 0.843. The van der Waals surface area contributed by atoms with Crippen molar-refractivity contribution in [2.45, 2.75) is 57.9 Å². The highest BCUT2D eigenvalue weighted by atomic mass is 32.1. The van der Waals surface area contributed by atoms with Crippen molar-refractivity contribution in [3.63, 3.8) is 0 Å². The number of aryl methyl sites for hydroxylation is 2. The van der Waals surface area contributed by atoms with Crippen molar-refractivity contribution < 1.29 is 0 Å². The number of hydrogen-bond donors (Lipinski definition) is 1. The van der Waals surface area contributed by atoms with Gasteiger partial charge in [0.15, 0.2) is 0 Å². The van der Waals surface area contributed by atoms with E-state index in [0.29, 0.717) is 0 Å². The quantitative estimate of drug-likeness (QED) is 0.865. The first-order chi connectivity index (χ1) is 10.8. The van der Waals surface area contributed by atoms with E-state index in [9.17, 15) is 4.79 Å². The van der Waals surface area contributed by atoms with E-state index in [1.165, 1.54) is 49.0 Å². The lowest BCUT2D eigenvalue weighted by atomic mass is 10.1. The minimum absolute atomic E-state index is 0.0800. The van der Waals surface area contributed by atoms with Crippen molar-refractivity contribution in [1.29, 1.82) is 0 Å². The molecule has 0 atom stereocenters. The molecule has 0 saturated carbocycles. The van der Waals surface area contributed by atoms with Gasteiger partial charge in [-0.05, 0) is 57.2 Å². The second-order valence-corrected chi connectivity index (χ2v) is 7.68. The van der Waals surface area contributed by atoms with Gasteiger partial charge in [-0.1, -0.05) is 12.8 Å². The van der Waals surface area contributed by atoms with E-state index in [4.69, 9.17) is 4.98 Å². The predicted octanol–water partition coefficient (Wildman–Crippen LogP) is 3.24. The Morgan fingerprint density at radius 2 is 1.82 bits per heavy atom. The zero-order valence-electron chi connectivity index (χ0n) is 13.0. The van der Waals surface area contributed by atoms with E-state index in [2.05, 4.69) is 9.88 Å². The van der Waals surface area contributed by atoms with Crippen molar-refractivity contribution in [1.82, 2.24) is 14.9 Å². The minimum atomic E-state index is 0.0800. The van der Waals surface area contributed by atoms with Crippen LogP contribution in [0.15, 0.2) is 4.79 Å². The summed E-state index contributed by atoms with van der Waals surface area (Å²) in [6.07, 6.45) is 9.76. The van der Waals surface area contributed by atoms with Crippen molar-refractivity contribution in [2.75, 3.05) is 13.1 Å². The molecule has 3 heterocycles. The number of aromatic nitrogens is 2. The van der Waals surface area contributed by atoms with Gasteiger partial charge in [0.25, 0.3) is 5.56 Å². The third kappa shape index (κ3) is 2.72. The Kier molecular flexibility index (Phi) is 4.01. The molecule has 2 aromatic heterocycles. The molecular formula is C17H23N3OS. The Balaban J connectivity index is 1.69. The molecule has 1 saturated heterocycles. The number of piperidine rings is 1. The van der Waals surface area contributed by atoms with Crippen LogP contribution in [-0.4, -0.2) is 28.0 Å². The summed E-state index contributed by atoms with van der Waals surface area (Å²) in [6.45, 7) is 3.04. The van der Waals surface area contributed by atoms with Crippen LogP contribution in [0.25, 0.3) is 10.2 Å². The molecule has 1 aliphatic carbocycles. The van der Waals surface area contributed by atoms with E-state index in [1.54, 1.807) is 11.3 Å². The number of hydrogen-bond acceptors (Lipinski definition) is 4. The van der Waals surface area contributed by atoms with Crippen LogP contribution < -0.4 is 5.56 Å². The third-order valence-corrected chi connectivity index (χ3v) is 6.13. The van der Waals surface area contributed by atoms with E-state index in [1.807, 2.05) is 0 Å². The van der Waals surface area contributed by atoms with Crippen LogP contribution in [0, 0.1) is 0 Å². The van der Waals surface area contributed by atoms with Crippen LogP contribution in [0.4, 0.5) is 0 Å². The van der Waals surface area contributed by atoms with Crippen LogP contribution in [0.2, 0.25) is 0 Å². The van der Waals surface area contributed by atoms with E-state index >= 15 is 0 Å². The molecule has 0 spiro atoms. The molecule has 4 nitrogen and oxygen atoms in total. The number of nitrogens with one attached hydrogen (secondary N) is 1. The summed E-state index contributed by atoms with van der Waals surface area (Å²) in [4.78, 5) is 25.2. The van der Waals surface area contributed by atoms with E-state index in [-0.39, 0.29) is 5.56 Å². The molecule has 2 aliphatic rings. The summed E-state index contributed by atoms with van der Waals surface area (Å²) >= 11 is 1.75. The summed E-state index contributed by atoms with van der Waals surface area (Å²) in [5, 5.41) is 0.879. The lowest BCUT2D eigenvalue weighted by Crippen LogP contribution is -2.30. The van der Waals surface area contributed by atoms with Gasteiger partial charge in [0.1, 0.15) is 10.7 Å². The minimum Gasteiger partial charge on any atom is -0.309 e. The van der Waals surface area contributed by atoms with Crippen LogP contribution in [0.1, 0.15) is 54.8 Å². The van der Waals surface area contributed by atoms with Crippen molar-refractivity contribution in [3.8, 4) is 0 Å². The number of rotatable bonds is 2. The first kappa shape index (κ1) is 14.4. The van der Waals surface area contributed by atoms with E-state index in [0.717, 1.165) is 48.5 Å². The second kappa shape index (κ2) is 6.13. The first-order valence-electron chi connectivity index (χ1n) is 8.57. The summed E-state index contributed by atoms with van der Waals surface area (Å²) in [5.41, 5.74) is 1.37. The standard InChI is InChI=1S/C17H23N3OS/c21-16-15-12-7-3-1-4-8-13(12)22-17(15)19-14(18-16)11-20-9-5-2-6-10-20/h1-11H2,(H,18,19,21). The molecule has 0 aromatic carbocycles. The highest BCUT2D eigenvalue weighted by Crippen LogP contribution is 2.32. The molecule has 1 aliphatic heterocycles. The Morgan fingerprint density at radius 3 is 2.68 bits per heavy atom. The van der Waals surface area contributed by atoms with Gasteiger partial charge in [-0.3, -0.25) is 9.69 Å². The third-order valence-electron chi connectivity index (χ3n) is 4.95. The summed E-state index contributed by atoms with van der Waals surface area (Å²) in [7, 11) is 0. The Labute approximate surface area is 134 Å². The molecule has 22 heavy (non-hydrogen) atoms. The normalized spacial score (nSPS) is 20.0. The molecule has 5 heteroatoms. The lowest BCUT2D eigenvalue weighted by Gasteiger charge is -2.25. The number of fused-ring (bicyclic) bond motifs is 3. The maximum atomic E-state index is 12.6. The monoisotopic (exact) mass is 317 g/mol. The fourth-order valence-electron chi connectivity index (χ4n) is 3.79. The fourth-order valence-corrected chi connectivity index (χ4v) is 5.07. The number of thiophene rings is 1. The SMILES string of the molecule is O=c1[nH]c(CN2CCCCC2)nc2sc3c(c12)CCCCC3.